The van der Waals surface area contributed by atoms with E-state index in [1.54, 1.807) is 0 Å². The fraction of sp³-hybridized carbons (Fsp3) is 0.833. The van der Waals surface area contributed by atoms with Gasteiger partial charge in [0.2, 0.25) is 0 Å². The number of carbonyl (C=O) groups excluding carboxylic acids is 2. The molecule has 2 rings (SSSR count). The molecule has 2 heterocycles. The van der Waals surface area contributed by atoms with E-state index < -0.39 is 59.4 Å². The molecule has 2 bridgehead atoms. The number of nitrogens with one attached hydrogen (secondary N) is 1. The molecule has 0 aromatic rings. The quantitative estimate of drug-likeness (QED) is 0.372. The lowest BCUT2D eigenvalue weighted by Crippen LogP contribution is -2.56. The molecule has 14 heteroatoms. The minimum atomic E-state index is -5.19. The van der Waals surface area contributed by atoms with Gasteiger partial charge in [0.1, 0.15) is 12.1 Å². The van der Waals surface area contributed by atoms with Crippen LogP contribution in [0.1, 0.15) is 20.3 Å². The van der Waals surface area contributed by atoms with Gasteiger partial charge in [0.25, 0.3) is 11.8 Å². The number of hydrogen-bond donors (Lipinski definition) is 3. The monoisotopic (exact) mass is 402 g/mol. The average Bonchev–Trinajstić information content (AvgIpc) is 2.77. The van der Waals surface area contributed by atoms with Crippen LogP contribution in [0.3, 0.4) is 0 Å². The average molecular weight is 402 g/mol. The number of alkyl halides is 2. The minimum absolute atomic E-state index is 0.0537. The van der Waals surface area contributed by atoms with Crippen LogP contribution in [0.4, 0.5) is 13.6 Å². The van der Waals surface area contributed by atoms with Gasteiger partial charge in [0.15, 0.2) is 0 Å². The second kappa shape index (κ2) is 7.19. The van der Waals surface area contributed by atoms with Gasteiger partial charge in [-0.05, 0) is 5.92 Å². The molecule has 0 aliphatic carbocycles. The Bertz CT molecular complexity index is 674. The standard InChI is InChI=1S/C12H20F2N4O7S/c1-6(2)7(15)5-24-16-10(19)8-3-12(13,14)9-4-17(8)11(20)18(9)25-26(21,22)23/h6-9H,3-5,15H2,1-2H3,(H,16,19)(H,21,22,23)/t7?,8-,9-/m0/s1. The van der Waals surface area contributed by atoms with E-state index >= 15 is 0 Å². The van der Waals surface area contributed by atoms with Crippen LogP contribution in [0.2, 0.25) is 0 Å². The summed E-state index contributed by atoms with van der Waals surface area (Å²) >= 11 is 0. The summed E-state index contributed by atoms with van der Waals surface area (Å²) in [7, 11) is -5.19. The first-order chi connectivity index (χ1) is 11.8. The zero-order valence-electron chi connectivity index (χ0n) is 14.0. The van der Waals surface area contributed by atoms with Gasteiger partial charge in [-0.1, -0.05) is 13.8 Å². The van der Waals surface area contributed by atoms with Gasteiger partial charge in [-0.15, -0.1) is 4.28 Å². The molecule has 0 aromatic heterocycles. The van der Waals surface area contributed by atoms with E-state index in [0.29, 0.717) is 4.90 Å². The minimum Gasteiger partial charge on any atom is -0.325 e. The molecule has 11 nitrogen and oxygen atoms in total. The number of hydrogen-bond acceptors (Lipinski definition) is 7. The molecule has 0 aromatic carbocycles. The lowest BCUT2D eigenvalue weighted by atomic mass is 9.96. The van der Waals surface area contributed by atoms with E-state index in [0.717, 1.165) is 0 Å². The van der Waals surface area contributed by atoms with E-state index in [1.165, 1.54) is 0 Å². The van der Waals surface area contributed by atoms with Crippen molar-refractivity contribution >= 4 is 22.3 Å². The summed E-state index contributed by atoms with van der Waals surface area (Å²) in [6, 6.07) is -5.27. The van der Waals surface area contributed by atoms with Gasteiger partial charge in [-0.2, -0.15) is 13.5 Å². The predicted octanol–water partition coefficient (Wildman–Crippen LogP) is -0.734. The van der Waals surface area contributed by atoms with E-state index in [4.69, 9.17) is 15.1 Å². The van der Waals surface area contributed by atoms with Crippen LogP contribution in [0, 0.1) is 5.92 Å². The topological polar surface area (TPSA) is 151 Å². The Hall–Kier alpha value is -1.61. The molecule has 26 heavy (non-hydrogen) atoms. The molecule has 2 aliphatic rings. The summed E-state index contributed by atoms with van der Waals surface area (Å²) in [4.78, 5) is 29.9. The number of nitrogens with two attached hydrogens (primary N) is 1. The molecule has 0 spiro atoms. The first-order valence-corrected chi connectivity index (χ1v) is 9.02. The maximum Gasteiger partial charge on any atom is 0.418 e. The van der Waals surface area contributed by atoms with Gasteiger partial charge in [-0.3, -0.25) is 14.2 Å². The van der Waals surface area contributed by atoms with Crippen molar-refractivity contribution in [3.05, 3.63) is 0 Å². The third-order valence-electron chi connectivity index (χ3n) is 4.20. The third-order valence-corrected chi connectivity index (χ3v) is 4.55. The highest BCUT2D eigenvalue weighted by molar-refractivity contribution is 7.80. The summed E-state index contributed by atoms with van der Waals surface area (Å²) in [6.07, 6.45) is -1.07. The number of carbonyl (C=O) groups is 2. The van der Waals surface area contributed by atoms with Gasteiger partial charge in [0, 0.05) is 12.5 Å². The molecule has 2 aliphatic heterocycles. The summed E-state index contributed by atoms with van der Waals surface area (Å²) in [5.74, 6) is -4.59. The predicted molar refractivity (Wildman–Crippen MR) is 80.6 cm³/mol. The van der Waals surface area contributed by atoms with Crippen LogP contribution in [-0.4, -0.2) is 72.1 Å². The Morgan fingerprint density at radius 2 is 2.12 bits per heavy atom. The van der Waals surface area contributed by atoms with Gasteiger partial charge < -0.3 is 10.6 Å². The molecule has 3 atom stereocenters. The highest BCUT2D eigenvalue weighted by atomic mass is 32.3. The van der Waals surface area contributed by atoms with Crippen molar-refractivity contribution in [2.24, 2.45) is 11.7 Å². The highest BCUT2D eigenvalue weighted by Gasteiger charge is 2.62. The number of urea groups is 1. The van der Waals surface area contributed by atoms with Crippen molar-refractivity contribution in [1.29, 1.82) is 0 Å². The summed E-state index contributed by atoms with van der Waals surface area (Å²) in [6.45, 7) is 2.92. The zero-order chi connectivity index (χ0) is 19.9. The molecular weight excluding hydrogens is 382 g/mol. The van der Waals surface area contributed by atoms with Crippen molar-refractivity contribution in [2.75, 3.05) is 13.2 Å². The van der Waals surface area contributed by atoms with Crippen LogP contribution in [0.25, 0.3) is 0 Å². The van der Waals surface area contributed by atoms with E-state index in [-0.39, 0.29) is 17.6 Å². The van der Waals surface area contributed by atoms with E-state index in [2.05, 4.69) is 4.28 Å². The van der Waals surface area contributed by atoms with Crippen molar-refractivity contribution < 1.29 is 40.5 Å². The Kier molecular flexibility index (Phi) is 5.72. The number of hydroxylamine groups is 3. The second-order valence-electron chi connectivity index (χ2n) is 6.44. The number of halogens is 2. The largest absolute Gasteiger partial charge is 0.418 e. The maximum atomic E-state index is 14.2. The maximum absolute atomic E-state index is 14.2. The van der Waals surface area contributed by atoms with E-state index in [9.17, 15) is 26.8 Å². The van der Waals surface area contributed by atoms with Crippen LogP contribution < -0.4 is 11.2 Å². The molecule has 1 unspecified atom stereocenters. The lowest BCUT2D eigenvalue weighted by Gasteiger charge is -2.34. The summed E-state index contributed by atoms with van der Waals surface area (Å²) < 4.78 is 62.6. The fourth-order valence-electron chi connectivity index (χ4n) is 2.56. The van der Waals surface area contributed by atoms with Gasteiger partial charge in [0.05, 0.1) is 13.2 Å². The summed E-state index contributed by atoms with van der Waals surface area (Å²) in [5, 5.41) is -0.141. The molecule has 0 saturated carbocycles. The third kappa shape index (κ3) is 4.37. The normalized spacial score (nSPS) is 26.3. The Balaban J connectivity index is 2.08. The van der Waals surface area contributed by atoms with Gasteiger partial charge >= 0.3 is 16.4 Å². The fourth-order valence-corrected chi connectivity index (χ4v) is 2.93. The molecule has 3 amide bonds. The molecule has 4 N–H and O–H groups in total. The van der Waals surface area contributed by atoms with Crippen LogP contribution in [0.15, 0.2) is 0 Å². The summed E-state index contributed by atoms with van der Waals surface area (Å²) in [5.41, 5.74) is 7.69. The molecule has 0 radical (unpaired) electrons. The van der Waals surface area contributed by atoms with Crippen LogP contribution in [0.5, 0.6) is 0 Å². The number of nitrogens with zero attached hydrogens (tertiary/aromatic N) is 2. The molecule has 2 saturated heterocycles. The van der Waals surface area contributed by atoms with Crippen molar-refractivity contribution in [2.45, 2.75) is 44.3 Å². The number of piperidine rings is 1. The number of amides is 3. The zero-order valence-corrected chi connectivity index (χ0v) is 14.8. The first-order valence-electron chi connectivity index (χ1n) is 7.65. The molecule has 2 fully saturated rings. The first kappa shape index (κ1) is 20.7. The highest BCUT2D eigenvalue weighted by Crippen LogP contribution is 2.40. The van der Waals surface area contributed by atoms with Crippen molar-refractivity contribution in [1.82, 2.24) is 15.4 Å². The lowest BCUT2D eigenvalue weighted by molar-refractivity contribution is -0.159. The van der Waals surface area contributed by atoms with Crippen molar-refractivity contribution in [3.63, 3.8) is 0 Å². The number of fused-ring (bicyclic) bond motifs is 2. The second-order valence-corrected chi connectivity index (χ2v) is 7.45. The Labute approximate surface area is 148 Å². The van der Waals surface area contributed by atoms with Crippen molar-refractivity contribution in [3.8, 4) is 0 Å². The van der Waals surface area contributed by atoms with E-state index in [1.807, 2.05) is 19.3 Å². The smallest absolute Gasteiger partial charge is 0.325 e. The number of rotatable bonds is 7. The Morgan fingerprint density at radius 1 is 1.50 bits per heavy atom. The molecular formula is C12H20F2N4O7S. The van der Waals surface area contributed by atoms with Crippen LogP contribution >= 0.6 is 0 Å². The molecule has 150 valence electrons. The Morgan fingerprint density at radius 3 is 2.65 bits per heavy atom. The van der Waals surface area contributed by atoms with Gasteiger partial charge in [-0.25, -0.2) is 19.1 Å². The SMILES string of the molecule is CC(C)C(N)CONC(=O)[C@@H]1CC(F)(F)[C@@H]2CN1C(=O)N2OS(=O)(=O)O. The van der Waals surface area contributed by atoms with Crippen LogP contribution in [-0.2, 0) is 24.3 Å².